The van der Waals surface area contributed by atoms with Crippen molar-refractivity contribution < 1.29 is 9.21 Å². The number of para-hydroxylation sites is 1. The summed E-state index contributed by atoms with van der Waals surface area (Å²) >= 11 is 0. The molecule has 5 nitrogen and oxygen atoms in total. The predicted molar refractivity (Wildman–Crippen MR) is 132 cm³/mol. The molecule has 0 aliphatic carbocycles. The molecule has 0 radical (unpaired) electrons. The van der Waals surface area contributed by atoms with Crippen LogP contribution in [-0.4, -0.2) is 16.7 Å². The van der Waals surface area contributed by atoms with E-state index in [9.17, 15) is 4.79 Å². The maximum Gasteiger partial charge on any atom is 0.241 e. The number of hydrazone groups is 1. The van der Waals surface area contributed by atoms with Crippen LogP contribution in [0.2, 0.25) is 0 Å². The number of fused-ring (bicyclic) bond motifs is 1. The van der Waals surface area contributed by atoms with E-state index in [1.165, 1.54) is 17.2 Å². The lowest BCUT2D eigenvalue weighted by molar-refractivity contribution is -0.121. The second-order valence-electron chi connectivity index (χ2n) is 7.68. The molecular formula is C28H23N3O2. The van der Waals surface area contributed by atoms with E-state index in [1.807, 2.05) is 30.3 Å². The number of hydrogen-bond acceptors (Lipinski definition) is 3. The van der Waals surface area contributed by atoms with Crippen molar-refractivity contribution in [2.45, 2.75) is 13.0 Å². The van der Waals surface area contributed by atoms with Crippen molar-refractivity contribution in [1.82, 2.24) is 9.99 Å². The Labute approximate surface area is 192 Å². The number of benzene rings is 3. The molecule has 0 saturated heterocycles. The summed E-state index contributed by atoms with van der Waals surface area (Å²) < 4.78 is 7.44. The first kappa shape index (κ1) is 20.5. The maximum atomic E-state index is 12.5. The van der Waals surface area contributed by atoms with Crippen LogP contribution < -0.4 is 5.43 Å². The van der Waals surface area contributed by atoms with Crippen LogP contribution in [0, 0.1) is 0 Å². The number of furan rings is 1. The number of rotatable bonds is 7. The molecule has 0 bridgehead atoms. The Morgan fingerprint density at radius 2 is 1.55 bits per heavy atom. The van der Waals surface area contributed by atoms with Gasteiger partial charge in [0, 0.05) is 29.4 Å². The number of nitrogens with one attached hydrogen (secondary N) is 1. The predicted octanol–water partition coefficient (Wildman–Crippen LogP) is 6.11. The van der Waals surface area contributed by atoms with E-state index < -0.39 is 0 Å². The van der Waals surface area contributed by atoms with Gasteiger partial charge in [-0.15, -0.1) is 0 Å². The summed E-state index contributed by atoms with van der Waals surface area (Å²) in [6, 6.07) is 32.6. The van der Waals surface area contributed by atoms with Gasteiger partial charge in [-0.3, -0.25) is 4.79 Å². The van der Waals surface area contributed by atoms with Crippen LogP contribution >= 0.6 is 0 Å². The zero-order chi connectivity index (χ0) is 22.5. The van der Waals surface area contributed by atoms with Crippen molar-refractivity contribution in [2.24, 2.45) is 5.10 Å². The first-order valence-electron chi connectivity index (χ1n) is 10.9. The molecule has 0 atom stereocenters. The highest BCUT2D eigenvalue weighted by atomic mass is 16.3. The Bertz CT molecular complexity index is 1390. The zero-order valence-electron chi connectivity index (χ0n) is 18.0. The number of aryl methyl sites for hydroxylation is 1. The largest absolute Gasteiger partial charge is 0.463 e. The molecule has 0 unspecified atom stereocenters. The summed E-state index contributed by atoms with van der Waals surface area (Å²) in [5.41, 5.74) is 8.24. The minimum Gasteiger partial charge on any atom is -0.463 e. The van der Waals surface area contributed by atoms with Gasteiger partial charge >= 0.3 is 0 Å². The van der Waals surface area contributed by atoms with Gasteiger partial charge in [0.25, 0.3) is 0 Å². The third-order valence-corrected chi connectivity index (χ3v) is 5.57. The highest BCUT2D eigenvalue weighted by Crippen LogP contribution is 2.40. The summed E-state index contributed by atoms with van der Waals surface area (Å²) in [5, 5.41) is 5.16. The number of carbonyl (C=O) groups is 1. The molecule has 1 N–H and O–H groups in total. The first-order valence-corrected chi connectivity index (χ1v) is 10.9. The quantitative estimate of drug-likeness (QED) is 0.249. The van der Waals surface area contributed by atoms with Crippen LogP contribution in [0.15, 0.2) is 113 Å². The van der Waals surface area contributed by atoms with Crippen molar-refractivity contribution >= 4 is 23.0 Å². The molecule has 0 saturated carbocycles. The third-order valence-electron chi connectivity index (χ3n) is 5.57. The Morgan fingerprint density at radius 3 is 2.27 bits per heavy atom. The summed E-state index contributed by atoms with van der Waals surface area (Å²) in [7, 11) is 0. The molecule has 33 heavy (non-hydrogen) atoms. The topological polar surface area (TPSA) is 59.5 Å². The molecule has 0 aliphatic rings. The van der Waals surface area contributed by atoms with Gasteiger partial charge in [-0.25, -0.2) is 5.43 Å². The standard InChI is InChI=1S/C28H23N3O2/c32-26(30-29-20-23-14-9-19-33-23)17-18-31-25-16-8-7-15-24(25)27(21-10-3-1-4-11-21)28(31)22-12-5-2-6-13-22/h1-16,19-20H,17-18H2,(H,30,32)/b29-20+. The van der Waals surface area contributed by atoms with Gasteiger partial charge in [-0.1, -0.05) is 78.9 Å². The Balaban J connectivity index is 1.52. The fraction of sp³-hybridized carbons (Fsp3) is 0.0714. The van der Waals surface area contributed by atoms with E-state index in [2.05, 4.69) is 69.7 Å². The van der Waals surface area contributed by atoms with E-state index in [0.717, 1.165) is 22.3 Å². The van der Waals surface area contributed by atoms with Crippen molar-refractivity contribution in [2.75, 3.05) is 0 Å². The number of amides is 1. The first-order chi connectivity index (χ1) is 16.3. The lowest BCUT2D eigenvalue weighted by Crippen LogP contribution is -2.19. The number of nitrogens with zero attached hydrogens (tertiary/aromatic N) is 2. The van der Waals surface area contributed by atoms with Crippen molar-refractivity contribution in [1.29, 1.82) is 0 Å². The average Bonchev–Trinajstić information content (AvgIpc) is 3.50. The molecule has 5 aromatic rings. The van der Waals surface area contributed by atoms with Crippen LogP contribution in [0.3, 0.4) is 0 Å². The minimum atomic E-state index is -0.157. The monoisotopic (exact) mass is 433 g/mol. The highest BCUT2D eigenvalue weighted by Gasteiger charge is 2.20. The van der Waals surface area contributed by atoms with Gasteiger partial charge in [-0.2, -0.15) is 5.10 Å². The van der Waals surface area contributed by atoms with E-state index >= 15 is 0 Å². The van der Waals surface area contributed by atoms with Crippen molar-refractivity contribution in [3.05, 3.63) is 109 Å². The second kappa shape index (κ2) is 9.40. The molecule has 0 aliphatic heterocycles. The summed E-state index contributed by atoms with van der Waals surface area (Å²) in [4.78, 5) is 12.5. The van der Waals surface area contributed by atoms with Gasteiger partial charge < -0.3 is 8.98 Å². The number of aromatic nitrogens is 1. The van der Waals surface area contributed by atoms with Crippen LogP contribution in [0.25, 0.3) is 33.3 Å². The molecule has 0 fully saturated rings. The molecular weight excluding hydrogens is 410 g/mol. The average molecular weight is 434 g/mol. The van der Waals surface area contributed by atoms with E-state index in [0.29, 0.717) is 18.7 Å². The van der Waals surface area contributed by atoms with E-state index in [4.69, 9.17) is 4.42 Å². The fourth-order valence-corrected chi connectivity index (χ4v) is 4.13. The third kappa shape index (κ3) is 4.34. The Hall–Kier alpha value is -4.38. The Morgan fingerprint density at radius 1 is 0.848 bits per heavy atom. The molecule has 1 amide bonds. The molecule has 5 heteroatoms. The summed E-state index contributed by atoms with van der Waals surface area (Å²) in [5.74, 6) is 0.432. The molecule has 5 rings (SSSR count). The smallest absolute Gasteiger partial charge is 0.241 e. The van der Waals surface area contributed by atoms with Crippen LogP contribution in [0.1, 0.15) is 12.2 Å². The van der Waals surface area contributed by atoms with Crippen molar-refractivity contribution in [3.8, 4) is 22.4 Å². The van der Waals surface area contributed by atoms with Crippen LogP contribution in [-0.2, 0) is 11.3 Å². The van der Waals surface area contributed by atoms with Gasteiger partial charge in [0.2, 0.25) is 5.91 Å². The lowest BCUT2D eigenvalue weighted by Gasteiger charge is -2.13. The van der Waals surface area contributed by atoms with Crippen LogP contribution in [0.4, 0.5) is 0 Å². The van der Waals surface area contributed by atoms with Gasteiger partial charge in [0.1, 0.15) is 5.76 Å². The normalized spacial score (nSPS) is 11.3. The lowest BCUT2D eigenvalue weighted by atomic mass is 9.98. The number of carbonyl (C=O) groups excluding carboxylic acids is 1. The Kier molecular flexibility index (Phi) is 5.85. The molecule has 0 spiro atoms. The molecule has 2 aromatic heterocycles. The molecule has 2 heterocycles. The van der Waals surface area contributed by atoms with Crippen LogP contribution in [0.5, 0.6) is 0 Å². The SMILES string of the molecule is O=C(CCn1c(-c2ccccc2)c(-c2ccccc2)c2ccccc21)N/N=C/c1ccco1. The van der Waals surface area contributed by atoms with Gasteiger partial charge in [-0.05, 0) is 29.3 Å². The number of hydrogen-bond donors (Lipinski definition) is 1. The molecule has 162 valence electrons. The van der Waals surface area contributed by atoms with Gasteiger partial charge in [0.15, 0.2) is 0 Å². The zero-order valence-corrected chi connectivity index (χ0v) is 18.0. The second-order valence-corrected chi connectivity index (χ2v) is 7.68. The maximum absolute atomic E-state index is 12.5. The van der Waals surface area contributed by atoms with Gasteiger partial charge in [0.05, 0.1) is 18.2 Å². The van der Waals surface area contributed by atoms with E-state index in [-0.39, 0.29) is 5.91 Å². The summed E-state index contributed by atoms with van der Waals surface area (Å²) in [6.45, 7) is 0.527. The van der Waals surface area contributed by atoms with Crippen molar-refractivity contribution in [3.63, 3.8) is 0 Å². The fourth-order valence-electron chi connectivity index (χ4n) is 4.13. The highest BCUT2D eigenvalue weighted by molar-refractivity contribution is 6.04. The molecule has 3 aromatic carbocycles. The van der Waals surface area contributed by atoms with E-state index in [1.54, 1.807) is 18.4 Å². The summed E-state index contributed by atoms with van der Waals surface area (Å²) in [6.07, 6.45) is 3.35. The minimum absolute atomic E-state index is 0.157.